The van der Waals surface area contributed by atoms with Gasteiger partial charge in [0.2, 0.25) is 5.91 Å². The largest absolute Gasteiger partial charge is 0.506 e. The lowest BCUT2D eigenvalue weighted by atomic mass is 10.2. The summed E-state index contributed by atoms with van der Waals surface area (Å²) < 4.78 is 0. The van der Waals surface area contributed by atoms with Crippen LogP contribution in [0.1, 0.15) is 12.5 Å². The number of anilines is 1. The van der Waals surface area contributed by atoms with Crippen LogP contribution in [0.2, 0.25) is 0 Å². The third-order valence-corrected chi connectivity index (χ3v) is 1.82. The van der Waals surface area contributed by atoms with Crippen molar-refractivity contribution in [3.8, 4) is 5.75 Å². The van der Waals surface area contributed by atoms with Gasteiger partial charge in [-0.05, 0) is 31.5 Å². The molecule has 1 atom stereocenters. The van der Waals surface area contributed by atoms with Gasteiger partial charge >= 0.3 is 0 Å². The molecule has 1 rings (SSSR count). The van der Waals surface area contributed by atoms with E-state index in [4.69, 9.17) is 5.73 Å². The molecule has 1 amide bonds. The number of phenolic OH excluding ortho intramolecular Hbond substituents is 1. The van der Waals surface area contributed by atoms with Crippen LogP contribution in [-0.2, 0) is 4.79 Å². The second-order valence-electron chi connectivity index (χ2n) is 3.30. The number of halogens is 1. The summed E-state index contributed by atoms with van der Waals surface area (Å²) in [4.78, 5) is 11.2. The lowest BCUT2D eigenvalue weighted by molar-refractivity contribution is -0.117. The minimum atomic E-state index is -0.587. The lowest BCUT2D eigenvalue weighted by Gasteiger charge is -2.09. The number of carbonyl (C=O) groups excluding carboxylic acids is 1. The molecule has 4 N–H and O–H groups in total. The highest BCUT2D eigenvalue weighted by molar-refractivity contribution is 5.95. The molecule has 0 aromatic heterocycles. The van der Waals surface area contributed by atoms with Crippen molar-refractivity contribution in [1.82, 2.24) is 0 Å². The van der Waals surface area contributed by atoms with Gasteiger partial charge in [0.15, 0.2) is 0 Å². The monoisotopic (exact) mass is 230 g/mol. The quantitative estimate of drug-likeness (QED) is 0.673. The van der Waals surface area contributed by atoms with Crippen molar-refractivity contribution in [1.29, 1.82) is 0 Å². The predicted molar refractivity (Wildman–Crippen MR) is 62.4 cm³/mol. The molecule has 0 spiro atoms. The maximum absolute atomic E-state index is 11.2. The first kappa shape index (κ1) is 13.7. The summed E-state index contributed by atoms with van der Waals surface area (Å²) in [6.07, 6.45) is 0. The summed E-state index contributed by atoms with van der Waals surface area (Å²) in [5.74, 6) is -0.261. The fourth-order valence-corrected chi connectivity index (χ4v) is 0.994. The average molecular weight is 231 g/mol. The molecule has 0 bridgehead atoms. The third-order valence-electron chi connectivity index (χ3n) is 1.82. The highest BCUT2D eigenvalue weighted by Crippen LogP contribution is 2.23. The maximum atomic E-state index is 11.2. The van der Waals surface area contributed by atoms with Gasteiger partial charge in [0, 0.05) is 0 Å². The molecule has 0 radical (unpaired) electrons. The highest BCUT2D eigenvalue weighted by Gasteiger charge is 2.09. The Hall–Kier alpha value is -1.26. The Kier molecular flexibility index (Phi) is 5.11. The van der Waals surface area contributed by atoms with Gasteiger partial charge in [-0.1, -0.05) is 6.07 Å². The molecule has 4 nitrogen and oxygen atoms in total. The van der Waals surface area contributed by atoms with E-state index in [9.17, 15) is 9.90 Å². The fraction of sp³-hybridized carbons (Fsp3) is 0.300. The standard InChI is InChI=1S/C10H14N2O2.ClH/c1-6-3-4-8(9(13)5-6)12-10(14)7(2)11;/h3-5,7,13H,11H2,1-2H3,(H,12,14);1H. The van der Waals surface area contributed by atoms with Crippen LogP contribution < -0.4 is 11.1 Å². The number of aryl methyl sites for hydroxylation is 1. The second-order valence-corrected chi connectivity index (χ2v) is 3.30. The Labute approximate surface area is 94.9 Å². The van der Waals surface area contributed by atoms with Gasteiger partial charge < -0.3 is 16.2 Å². The van der Waals surface area contributed by atoms with Gasteiger partial charge in [0.05, 0.1) is 11.7 Å². The van der Waals surface area contributed by atoms with Crippen LogP contribution in [-0.4, -0.2) is 17.1 Å². The molecular formula is C10H15ClN2O2. The molecule has 0 aliphatic heterocycles. The number of carbonyl (C=O) groups is 1. The zero-order chi connectivity index (χ0) is 10.7. The Morgan fingerprint density at radius 3 is 2.60 bits per heavy atom. The van der Waals surface area contributed by atoms with Gasteiger partial charge in [-0.15, -0.1) is 12.4 Å². The zero-order valence-corrected chi connectivity index (χ0v) is 9.47. The maximum Gasteiger partial charge on any atom is 0.241 e. The third kappa shape index (κ3) is 3.77. The summed E-state index contributed by atoms with van der Waals surface area (Å²) in [5, 5.41) is 12.0. The number of phenols is 1. The molecule has 1 unspecified atom stereocenters. The van der Waals surface area contributed by atoms with Gasteiger partial charge in [-0.2, -0.15) is 0 Å². The first-order valence-corrected chi connectivity index (χ1v) is 4.37. The molecule has 0 aliphatic rings. The molecular weight excluding hydrogens is 216 g/mol. The van der Waals surface area contributed by atoms with Gasteiger partial charge in [0.1, 0.15) is 5.75 Å². The van der Waals surface area contributed by atoms with E-state index >= 15 is 0 Å². The number of hydrogen-bond donors (Lipinski definition) is 3. The summed E-state index contributed by atoms with van der Waals surface area (Å²) in [6.45, 7) is 3.44. The van der Waals surface area contributed by atoms with E-state index in [0.717, 1.165) is 5.56 Å². The van der Waals surface area contributed by atoms with Crippen molar-refractivity contribution in [3.05, 3.63) is 23.8 Å². The minimum Gasteiger partial charge on any atom is -0.506 e. The van der Waals surface area contributed by atoms with Crippen LogP contribution in [0.3, 0.4) is 0 Å². The average Bonchev–Trinajstić information content (AvgIpc) is 2.09. The van der Waals surface area contributed by atoms with E-state index in [1.165, 1.54) is 0 Å². The predicted octanol–water partition coefficient (Wildman–Crippen LogP) is 1.41. The van der Waals surface area contributed by atoms with Crippen molar-refractivity contribution in [2.24, 2.45) is 5.73 Å². The number of hydrogen-bond acceptors (Lipinski definition) is 3. The Morgan fingerprint density at radius 1 is 1.53 bits per heavy atom. The number of nitrogens with one attached hydrogen (secondary N) is 1. The van der Waals surface area contributed by atoms with E-state index in [0.29, 0.717) is 5.69 Å². The molecule has 0 saturated heterocycles. The summed E-state index contributed by atoms with van der Waals surface area (Å²) >= 11 is 0. The number of amides is 1. The zero-order valence-electron chi connectivity index (χ0n) is 8.65. The second kappa shape index (κ2) is 5.58. The van der Waals surface area contributed by atoms with Crippen molar-refractivity contribution < 1.29 is 9.90 Å². The normalized spacial score (nSPS) is 11.4. The van der Waals surface area contributed by atoms with E-state index in [2.05, 4.69) is 5.32 Å². The van der Waals surface area contributed by atoms with Crippen LogP contribution in [0.4, 0.5) is 5.69 Å². The van der Waals surface area contributed by atoms with Crippen LogP contribution in [0, 0.1) is 6.92 Å². The highest BCUT2D eigenvalue weighted by atomic mass is 35.5. The summed E-state index contributed by atoms with van der Waals surface area (Å²) in [7, 11) is 0. The van der Waals surface area contributed by atoms with Gasteiger partial charge in [-0.3, -0.25) is 4.79 Å². The molecule has 84 valence electrons. The van der Waals surface area contributed by atoms with Crippen molar-refractivity contribution in [2.75, 3.05) is 5.32 Å². The van der Waals surface area contributed by atoms with Crippen molar-refractivity contribution in [2.45, 2.75) is 19.9 Å². The number of benzene rings is 1. The van der Waals surface area contributed by atoms with E-state index in [1.54, 1.807) is 25.1 Å². The Morgan fingerprint density at radius 2 is 2.13 bits per heavy atom. The molecule has 0 fully saturated rings. The van der Waals surface area contributed by atoms with Crippen molar-refractivity contribution >= 4 is 24.0 Å². The molecule has 0 saturated carbocycles. The molecule has 15 heavy (non-hydrogen) atoms. The SMILES string of the molecule is Cc1ccc(NC(=O)C(C)N)c(O)c1.Cl. The summed E-state index contributed by atoms with van der Waals surface area (Å²) in [6, 6.07) is 4.44. The number of nitrogens with two attached hydrogens (primary N) is 1. The molecule has 1 aromatic rings. The van der Waals surface area contributed by atoms with E-state index in [1.807, 2.05) is 6.92 Å². The van der Waals surface area contributed by atoms with Gasteiger partial charge in [-0.25, -0.2) is 0 Å². The van der Waals surface area contributed by atoms with Crippen LogP contribution in [0.25, 0.3) is 0 Å². The molecule has 1 aromatic carbocycles. The van der Waals surface area contributed by atoms with Crippen molar-refractivity contribution in [3.63, 3.8) is 0 Å². The first-order chi connectivity index (χ1) is 6.50. The minimum absolute atomic E-state index is 0. The van der Waals surface area contributed by atoms with Crippen LogP contribution in [0.5, 0.6) is 5.75 Å². The Balaban J connectivity index is 0.00000196. The first-order valence-electron chi connectivity index (χ1n) is 4.37. The molecule has 5 heteroatoms. The molecule has 0 heterocycles. The smallest absolute Gasteiger partial charge is 0.241 e. The van der Waals surface area contributed by atoms with E-state index in [-0.39, 0.29) is 24.1 Å². The summed E-state index contributed by atoms with van der Waals surface area (Å²) in [5.41, 5.74) is 6.69. The van der Waals surface area contributed by atoms with Gasteiger partial charge in [0.25, 0.3) is 0 Å². The molecule has 0 aliphatic carbocycles. The topological polar surface area (TPSA) is 75.4 Å². The van der Waals surface area contributed by atoms with Crippen LogP contribution in [0.15, 0.2) is 18.2 Å². The number of rotatable bonds is 2. The van der Waals surface area contributed by atoms with E-state index < -0.39 is 6.04 Å². The van der Waals surface area contributed by atoms with Crippen LogP contribution >= 0.6 is 12.4 Å². The Bertz CT molecular complexity index is 353. The fourth-order valence-electron chi connectivity index (χ4n) is 0.994. The lowest BCUT2D eigenvalue weighted by Crippen LogP contribution is -2.32. The number of aromatic hydroxyl groups is 1.